The van der Waals surface area contributed by atoms with Crippen molar-refractivity contribution < 1.29 is 14.3 Å². The van der Waals surface area contributed by atoms with E-state index in [0.29, 0.717) is 13.2 Å². The lowest BCUT2D eigenvalue weighted by atomic mass is 10.1. The molecular formula is C10H17ClN2O3. The van der Waals surface area contributed by atoms with Crippen molar-refractivity contribution in [3.8, 4) is 0 Å². The number of ether oxygens (including phenoxy) is 1. The van der Waals surface area contributed by atoms with Crippen LogP contribution in [-0.2, 0) is 9.53 Å². The van der Waals surface area contributed by atoms with Gasteiger partial charge in [-0.1, -0.05) is 13.8 Å². The standard InChI is InChI=1S/C10H17ClN2O3/c1-4-16-9-7(11)8(14)12-10(15)13(9)5-6(2)3/h6-7,9H,4-5H2,1-3H3,(H,12,14,15)/t7-,9+/m0/s1. The normalized spacial score (nSPS) is 26.2. The predicted octanol–water partition coefficient (Wildman–Crippen LogP) is 1.16. The molecule has 0 unspecified atom stereocenters. The van der Waals surface area contributed by atoms with Crippen molar-refractivity contribution in [2.24, 2.45) is 5.92 Å². The Balaban J connectivity index is 2.82. The number of imide groups is 1. The summed E-state index contributed by atoms with van der Waals surface area (Å²) in [6, 6.07) is -0.436. The van der Waals surface area contributed by atoms with Crippen LogP contribution in [0.2, 0.25) is 0 Å². The van der Waals surface area contributed by atoms with E-state index in [0.717, 1.165) is 0 Å². The van der Waals surface area contributed by atoms with Crippen LogP contribution in [0.25, 0.3) is 0 Å². The molecule has 3 amide bonds. The third-order valence-corrected chi connectivity index (χ3v) is 2.61. The third kappa shape index (κ3) is 2.86. The lowest BCUT2D eigenvalue weighted by Gasteiger charge is -2.38. The molecule has 1 saturated heterocycles. The maximum Gasteiger partial charge on any atom is 0.326 e. The van der Waals surface area contributed by atoms with E-state index < -0.39 is 23.5 Å². The number of hydrogen-bond acceptors (Lipinski definition) is 3. The number of carbonyl (C=O) groups excluding carboxylic acids is 2. The van der Waals surface area contributed by atoms with Gasteiger partial charge in [-0.15, -0.1) is 11.6 Å². The second-order valence-corrected chi connectivity index (χ2v) is 4.56. The van der Waals surface area contributed by atoms with Gasteiger partial charge in [0.2, 0.25) is 0 Å². The number of carbonyl (C=O) groups is 2. The molecule has 92 valence electrons. The maximum absolute atomic E-state index is 11.6. The van der Waals surface area contributed by atoms with Crippen LogP contribution in [0.4, 0.5) is 4.79 Å². The fraction of sp³-hybridized carbons (Fsp3) is 0.800. The van der Waals surface area contributed by atoms with Crippen molar-refractivity contribution >= 4 is 23.5 Å². The number of hydrogen-bond donors (Lipinski definition) is 1. The highest BCUT2D eigenvalue weighted by atomic mass is 35.5. The molecule has 1 N–H and O–H groups in total. The topological polar surface area (TPSA) is 58.6 Å². The van der Waals surface area contributed by atoms with Gasteiger partial charge in [0, 0.05) is 13.2 Å². The van der Waals surface area contributed by atoms with Crippen molar-refractivity contribution in [2.45, 2.75) is 32.4 Å². The van der Waals surface area contributed by atoms with E-state index >= 15 is 0 Å². The average Bonchev–Trinajstić information content (AvgIpc) is 2.19. The van der Waals surface area contributed by atoms with Crippen molar-refractivity contribution in [1.82, 2.24) is 10.2 Å². The highest BCUT2D eigenvalue weighted by Gasteiger charge is 2.40. The van der Waals surface area contributed by atoms with Crippen LogP contribution in [0.15, 0.2) is 0 Å². The van der Waals surface area contributed by atoms with E-state index in [1.165, 1.54) is 4.90 Å². The Hall–Kier alpha value is -0.810. The lowest BCUT2D eigenvalue weighted by molar-refractivity contribution is -0.130. The minimum atomic E-state index is -0.851. The second-order valence-electron chi connectivity index (χ2n) is 4.09. The largest absolute Gasteiger partial charge is 0.356 e. The molecular weight excluding hydrogens is 232 g/mol. The van der Waals surface area contributed by atoms with Crippen LogP contribution in [0.5, 0.6) is 0 Å². The molecule has 1 aliphatic rings. The molecule has 6 heteroatoms. The summed E-state index contributed by atoms with van der Waals surface area (Å²) in [6.07, 6.45) is -0.671. The van der Waals surface area contributed by atoms with Gasteiger partial charge in [-0.25, -0.2) is 4.79 Å². The van der Waals surface area contributed by atoms with Gasteiger partial charge in [-0.2, -0.15) is 0 Å². The Morgan fingerprint density at radius 2 is 2.12 bits per heavy atom. The van der Waals surface area contributed by atoms with Crippen molar-refractivity contribution in [3.63, 3.8) is 0 Å². The number of nitrogens with one attached hydrogen (secondary N) is 1. The van der Waals surface area contributed by atoms with Crippen LogP contribution in [-0.4, -0.2) is 41.6 Å². The van der Waals surface area contributed by atoms with Crippen LogP contribution in [0.1, 0.15) is 20.8 Å². The molecule has 1 rings (SSSR count). The third-order valence-electron chi connectivity index (χ3n) is 2.20. The highest BCUT2D eigenvalue weighted by Crippen LogP contribution is 2.19. The first-order chi connectivity index (χ1) is 7.47. The molecule has 0 saturated carbocycles. The Morgan fingerprint density at radius 3 is 2.62 bits per heavy atom. The number of halogens is 1. The van der Waals surface area contributed by atoms with Gasteiger partial charge in [0.1, 0.15) is 0 Å². The molecule has 16 heavy (non-hydrogen) atoms. The molecule has 0 aromatic heterocycles. The van der Waals surface area contributed by atoms with E-state index in [2.05, 4.69) is 5.32 Å². The number of rotatable bonds is 4. The predicted molar refractivity (Wildman–Crippen MR) is 60.1 cm³/mol. The molecule has 5 nitrogen and oxygen atoms in total. The molecule has 0 spiro atoms. The Labute approximate surface area is 100 Å². The Morgan fingerprint density at radius 1 is 1.50 bits per heavy atom. The highest BCUT2D eigenvalue weighted by molar-refractivity contribution is 6.33. The van der Waals surface area contributed by atoms with E-state index in [4.69, 9.17) is 16.3 Å². The molecule has 0 bridgehead atoms. The lowest BCUT2D eigenvalue weighted by Crippen LogP contribution is -2.62. The SMILES string of the molecule is CCO[C@@H]1[C@@H](Cl)C(=O)NC(=O)N1CC(C)C. The zero-order chi connectivity index (χ0) is 12.3. The van der Waals surface area contributed by atoms with Gasteiger partial charge in [0.15, 0.2) is 11.6 Å². The molecule has 1 fully saturated rings. The van der Waals surface area contributed by atoms with Gasteiger partial charge < -0.3 is 4.74 Å². The van der Waals surface area contributed by atoms with Crippen LogP contribution >= 0.6 is 11.6 Å². The number of nitrogens with zero attached hydrogens (tertiary/aromatic N) is 1. The number of urea groups is 1. The molecule has 0 aromatic rings. The summed E-state index contributed by atoms with van der Waals surface area (Å²) in [5, 5.41) is 1.36. The zero-order valence-electron chi connectivity index (χ0n) is 9.70. The maximum atomic E-state index is 11.6. The fourth-order valence-electron chi connectivity index (χ4n) is 1.57. The molecule has 1 heterocycles. The van der Waals surface area contributed by atoms with Crippen LogP contribution in [0, 0.1) is 5.92 Å². The van der Waals surface area contributed by atoms with E-state index in [1.807, 2.05) is 13.8 Å². The number of amides is 3. The van der Waals surface area contributed by atoms with Gasteiger partial charge in [-0.3, -0.25) is 15.0 Å². The first-order valence-electron chi connectivity index (χ1n) is 5.34. The number of alkyl halides is 1. The van der Waals surface area contributed by atoms with Gasteiger partial charge in [0.05, 0.1) is 0 Å². The summed E-state index contributed by atoms with van der Waals surface area (Å²) in [6.45, 7) is 6.68. The van der Waals surface area contributed by atoms with E-state index in [-0.39, 0.29) is 5.92 Å². The van der Waals surface area contributed by atoms with E-state index in [1.54, 1.807) is 6.92 Å². The first kappa shape index (κ1) is 13.3. The summed E-state index contributed by atoms with van der Waals surface area (Å²) in [5.74, 6) is -0.212. The quantitative estimate of drug-likeness (QED) is 0.760. The summed E-state index contributed by atoms with van der Waals surface area (Å²) in [4.78, 5) is 24.4. The summed E-state index contributed by atoms with van der Waals surface area (Å²) >= 11 is 5.92. The molecule has 0 radical (unpaired) electrons. The van der Waals surface area contributed by atoms with Crippen molar-refractivity contribution in [3.05, 3.63) is 0 Å². The Kier molecular flexibility index (Phi) is 4.56. The monoisotopic (exact) mass is 248 g/mol. The van der Waals surface area contributed by atoms with Gasteiger partial charge >= 0.3 is 6.03 Å². The summed E-state index contributed by atoms with van der Waals surface area (Å²) in [5.41, 5.74) is 0. The minimum Gasteiger partial charge on any atom is -0.356 e. The van der Waals surface area contributed by atoms with Crippen LogP contribution < -0.4 is 5.32 Å². The smallest absolute Gasteiger partial charge is 0.326 e. The summed E-state index contributed by atoms with van der Waals surface area (Å²) in [7, 11) is 0. The Bertz CT molecular complexity index is 283. The minimum absolute atomic E-state index is 0.283. The van der Waals surface area contributed by atoms with Crippen molar-refractivity contribution in [2.75, 3.05) is 13.2 Å². The van der Waals surface area contributed by atoms with Gasteiger partial charge in [-0.05, 0) is 12.8 Å². The molecule has 0 aliphatic carbocycles. The average molecular weight is 249 g/mol. The van der Waals surface area contributed by atoms with Gasteiger partial charge in [0.25, 0.3) is 5.91 Å². The van der Waals surface area contributed by atoms with Crippen molar-refractivity contribution in [1.29, 1.82) is 0 Å². The second kappa shape index (κ2) is 5.50. The first-order valence-corrected chi connectivity index (χ1v) is 5.78. The molecule has 1 aliphatic heterocycles. The van der Waals surface area contributed by atoms with E-state index in [9.17, 15) is 9.59 Å². The van der Waals surface area contributed by atoms with Crippen LogP contribution in [0.3, 0.4) is 0 Å². The molecule has 0 aromatic carbocycles. The molecule has 2 atom stereocenters. The summed E-state index contributed by atoms with van der Waals surface area (Å²) < 4.78 is 5.36. The fourth-order valence-corrected chi connectivity index (χ4v) is 1.84. The zero-order valence-corrected chi connectivity index (χ0v) is 10.5.